The van der Waals surface area contributed by atoms with Crippen molar-refractivity contribution >= 4 is 17.5 Å². The first-order valence-electron chi connectivity index (χ1n) is 8.98. The van der Waals surface area contributed by atoms with Crippen LogP contribution >= 0.6 is 0 Å². The van der Waals surface area contributed by atoms with Gasteiger partial charge in [-0.3, -0.25) is 0 Å². The first-order chi connectivity index (χ1) is 14.1. The van der Waals surface area contributed by atoms with Gasteiger partial charge in [-0.1, -0.05) is 6.07 Å². The van der Waals surface area contributed by atoms with Crippen LogP contribution < -0.4 is 19.7 Å². The van der Waals surface area contributed by atoms with Gasteiger partial charge < -0.3 is 19.7 Å². The quantitative estimate of drug-likeness (QED) is 0.704. The summed E-state index contributed by atoms with van der Waals surface area (Å²) in [6, 6.07) is 7.54. The summed E-state index contributed by atoms with van der Waals surface area (Å²) in [7, 11) is 3.21. The molecule has 0 saturated heterocycles. The third-order valence-electron chi connectivity index (χ3n) is 4.79. The highest BCUT2D eigenvalue weighted by atomic mass is 19.1. The van der Waals surface area contributed by atoms with E-state index in [9.17, 15) is 8.78 Å². The molecule has 0 fully saturated rings. The maximum absolute atomic E-state index is 13.9. The standard InChI is InChI=1S/C20H19F2N5O2/c1-28-16-8-12-6-7-27(11-13(12)9-17(16)29-2)18-10-23-26-20(24-18)25-19-14(21)4-3-5-15(19)22/h3-5,8-10H,6-7,11H2,1-2H3,(H,24,25,26). The molecule has 0 unspecified atom stereocenters. The first-order valence-corrected chi connectivity index (χ1v) is 8.98. The van der Waals surface area contributed by atoms with Crippen LogP contribution in [-0.4, -0.2) is 35.9 Å². The zero-order valence-corrected chi connectivity index (χ0v) is 15.9. The molecule has 0 bridgehead atoms. The van der Waals surface area contributed by atoms with Crippen molar-refractivity contribution in [2.24, 2.45) is 0 Å². The maximum atomic E-state index is 13.9. The van der Waals surface area contributed by atoms with Crippen molar-refractivity contribution in [1.29, 1.82) is 0 Å². The van der Waals surface area contributed by atoms with Crippen molar-refractivity contribution in [1.82, 2.24) is 15.2 Å². The summed E-state index contributed by atoms with van der Waals surface area (Å²) < 4.78 is 38.5. The highest BCUT2D eigenvalue weighted by Crippen LogP contribution is 2.34. The molecule has 2 aromatic carbocycles. The van der Waals surface area contributed by atoms with Gasteiger partial charge >= 0.3 is 0 Å². The fourth-order valence-corrected chi connectivity index (χ4v) is 3.31. The lowest BCUT2D eigenvalue weighted by Crippen LogP contribution is -2.31. The van der Waals surface area contributed by atoms with Crippen molar-refractivity contribution in [2.75, 3.05) is 31.0 Å². The molecule has 1 aliphatic rings. The molecule has 0 saturated carbocycles. The van der Waals surface area contributed by atoms with E-state index in [0.29, 0.717) is 30.4 Å². The van der Waals surface area contributed by atoms with Crippen LogP contribution in [0.3, 0.4) is 0 Å². The fraction of sp³-hybridized carbons (Fsp3) is 0.250. The van der Waals surface area contributed by atoms with E-state index < -0.39 is 11.6 Å². The number of para-hydroxylation sites is 1. The van der Waals surface area contributed by atoms with Gasteiger partial charge in [0.1, 0.15) is 17.3 Å². The Balaban J connectivity index is 1.58. The number of hydrogen-bond donors (Lipinski definition) is 1. The predicted molar refractivity (Wildman–Crippen MR) is 104 cm³/mol. The second-order valence-corrected chi connectivity index (χ2v) is 6.51. The summed E-state index contributed by atoms with van der Waals surface area (Å²) in [6.45, 7) is 1.29. The Morgan fingerprint density at radius 1 is 1.03 bits per heavy atom. The Labute approximate surface area is 166 Å². The minimum atomic E-state index is -0.730. The van der Waals surface area contributed by atoms with E-state index in [1.807, 2.05) is 17.0 Å². The summed E-state index contributed by atoms with van der Waals surface area (Å²) in [5.41, 5.74) is 1.95. The van der Waals surface area contributed by atoms with Crippen LogP contribution in [0.25, 0.3) is 0 Å². The number of fused-ring (bicyclic) bond motifs is 1. The summed E-state index contributed by atoms with van der Waals surface area (Å²) in [5.74, 6) is 0.469. The number of rotatable bonds is 5. The molecular weight excluding hydrogens is 380 g/mol. The number of halogens is 2. The number of nitrogens with one attached hydrogen (secondary N) is 1. The van der Waals surface area contributed by atoms with Gasteiger partial charge in [-0.15, -0.1) is 5.10 Å². The van der Waals surface area contributed by atoms with Crippen LogP contribution in [-0.2, 0) is 13.0 Å². The smallest absolute Gasteiger partial charge is 0.249 e. The largest absolute Gasteiger partial charge is 0.493 e. The molecule has 7 nitrogen and oxygen atoms in total. The summed E-state index contributed by atoms with van der Waals surface area (Å²) in [5, 5.41) is 10.3. The summed E-state index contributed by atoms with van der Waals surface area (Å²) in [6.07, 6.45) is 2.30. The topological polar surface area (TPSA) is 72.4 Å². The predicted octanol–water partition coefficient (Wildman–Crippen LogP) is 3.47. The molecule has 9 heteroatoms. The van der Waals surface area contributed by atoms with Crippen LogP contribution in [0.2, 0.25) is 0 Å². The molecule has 3 aromatic rings. The molecule has 0 radical (unpaired) electrons. The van der Waals surface area contributed by atoms with E-state index in [1.165, 1.54) is 17.8 Å². The van der Waals surface area contributed by atoms with Crippen molar-refractivity contribution in [3.8, 4) is 11.5 Å². The number of ether oxygens (including phenoxy) is 2. The zero-order chi connectivity index (χ0) is 20.4. The van der Waals surface area contributed by atoms with Gasteiger partial charge in [0.15, 0.2) is 17.3 Å². The molecule has 0 atom stereocenters. The highest BCUT2D eigenvalue weighted by molar-refractivity contribution is 5.57. The van der Waals surface area contributed by atoms with Gasteiger partial charge in [0, 0.05) is 13.1 Å². The molecule has 0 aliphatic carbocycles. The van der Waals surface area contributed by atoms with Crippen molar-refractivity contribution in [2.45, 2.75) is 13.0 Å². The molecule has 0 spiro atoms. The molecule has 1 aromatic heterocycles. The molecule has 4 rings (SSSR count). The Morgan fingerprint density at radius 3 is 2.41 bits per heavy atom. The van der Waals surface area contributed by atoms with Crippen LogP contribution in [0.4, 0.5) is 26.2 Å². The normalized spacial score (nSPS) is 13.0. The van der Waals surface area contributed by atoms with Gasteiger partial charge in [-0.2, -0.15) is 10.1 Å². The maximum Gasteiger partial charge on any atom is 0.249 e. The number of aromatic nitrogens is 3. The van der Waals surface area contributed by atoms with Gasteiger partial charge in [0.2, 0.25) is 5.95 Å². The lowest BCUT2D eigenvalue weighted by molar-refractivity contribution is 0.353. The average molecular weight is 399 g/mol. The zero-order valence-electron chi connectivity index (χ0n) is 15.9. The SMILES string of the molecule is COc1cc2c(cc1OC)CN(c1cnnc(Nc3c(F)cccc3F)n1)CC2. The molecular formula is C20H19F2N5O2. The Bertz CT molecular complexity index is 1030. The fourth-order valence-electron chi connectivity index (χ4n) is 3.31. The third-order valence-corrected chi connectivity index (χ3v) is 4.79. The van der Waals surface area contributed by atoms with E-state index in [1.54, 1.807) is 14.2 Å². The van der Waals surface area contributed by atoms with Gasteiger partial charge in [0.25, 0.3) is 0 Å². The van der Waals surface area contributed by atoms with E-state index in [-0.39, 0.29) is 11.6 Å². The second-order valence-electron chi connectivity index (χ2n) is 6.51. The second kappa shape index (κ2) is 7.86. The monoisotopic (exact) mass is 399 g/mol. The Kier molecular flexibility index (Phi) is 5.11. The van der Waals surface area contributed by atoms with Crippen LogP contribution in [0.1, 0.15) is 11.1 Å². The highest BCUT2D eigenvalue weighted by Gasteiger charge is 2.21. The molecule has 1 N–H and O–H groups in total. The average Bonchev–Trinajstić information content (AvgIpc) is 2.75. The van der Waals surface area contributed by atoms with Crippen molar-refractivity contribution in [3.63, 3.8) is 0 Å². The molecule has 1 aliphatic heterocycles. The Hall–Kier alpha value is -3.49. The molecule has 2 heterocycles. The molecule has 29 heavy (non-hydrogen) atoms. The van der Waals surface area contributed by atoms with Crippen LogP contribution in [0.5, 0.6) is 11.5 Å². The van der Waals surface area contributed by atoms with Crippen LogP contribution in [0, 0.1) is 11.6 Å². The van der Waals surface area contributed by atoms with Gasteiger partial charge in [-0.05, 0) is 41.8 Å². The van der Waals surface area contributed by atoms with Crippen molar-refractivity contribution < 1.29 is 18.3 Å². The van der Waals surface area contributed by atoms with E-state index in [0.717, 1.165) is 24.1 Å². The number of nitrogens with zero attached hydrogens (tertiary/aromatic N) is 4. The van der Waals surface area contributed by atoms with Gasteiger partial charge in [0.05, 0.1) is 20.4 Å². The van der Waals surface area contributed by atoms with Crippen LogP contribution in [0.15, 0.2) is 36.5 Å². The number of hydrogen-bond acceptors (Lipinski definition) is 7. The van der Waals surface area contributed by atoms with E-state index in [2.05, 4.69) is 20.5 Å². The van der Waals surface area contributed by atoms with E-state index >= 15 is 0 Å². The summed E-state index contributed by atoms with van der Waals surface area (Å²) in [4.78, 5) is 6.39. The van der Waals surface area contributed by atoms with E-state index in [4.69, 9.17) is 9.47 Å². The van der Waals surface area contributed by atoms with Crippen molar-refractivity contribution in [3.05, 3.63) is 59.3 Å². The third kappa shape index (κ3) is 3.75. The first kappa shape index (κ1) is 18.9. The molecule has 150 valence electrons. The summed E-state index contributed by atoms with van der Waals surface area (Å²) >= 11 is 0. The number of benzene rings is 2. The number of anilines is 3. The molecule has 0 amide bonds. The minimum absolute atomic E-state index is 0.0182. The van der Waals surface area contributed by atoms with Gasteiger partial charge in [-0.25, -0.2) is 8.78 Å². The lowest BCUT2D eigenvalue weighted by atomic mass is 9.99. The lowest BCUT2D eigenvalue weighted by Gasteiger charge is -2.30. The Morgan fingerprint density at radius 2 is 1.72 bits per heavy atom. The number of methoxy groups -OCH3 is 2. The minimum Gasteiger partial charge on any atom is -0.493 e.